The van der Waals surface area contributed by atoms with Crippen molar-refractivity contribution in [1.29, 1.82) is 0 Å². The van der Waals surface area contributed by atoms with Crippen molar-refractivity contribution in [3.8, 4) is 0 Å². The van der Waals surface area contributed by atoms with Crippen LogP contribution in [0.25, 0.3) is 10.8 Å². The van der Waals surface area contributed by atoms with E-state index in [0.717, 1.165) is 4.88 Å². The molecular weight excluding hydrogens is 470 g/mol. The minimum Gasteiger partial charge on any atom is -0.462 e. The van der Waals surface area contributed by atoms with Gasteiger partial charge in [0.05, 0.1) is 17.6 Å². The van der Waals surface area contributed by atoms with Gasteiger partial charge in [0.2, 0.25) is 0 Å². The fourth-order valence-electron chi connectivity index (χ4n) is 3.37. The predicted octanol–water partition coefficient (Wildman–Crippen LogP) is 4.21. The molecule has 0 fully saturated rings. The van der Waals surface area contributed by atoms with Crippen LogP contribution in [0.1, 0.15) is 66.3 Å². The number of carbonyl (C=O) groups is 3. The second-order valence-electron chi connectivity index (χ2n) is 8.67. The van der Waals surface area contributed by atoms with E-state index in [1.54, 1.807) is 37.3 Å². The number of fused-ring (bicyclic) bond motifs is 1. The summed E-state index contributed by atoms with van der Waals surface area (Å²) in [6, 6.07) is 8.34. The van der Waals surface area contributed by atoms with E-state index in [4.69, 9.17) is 9.47 Å². The molecule has 35 heavy (non-hydrogen) atoms. The highest BCUT2D eigenvalue weighted by molar-refractivity contribution is 7.16. The van der Waals surface area contributed by atoms with Crippen molar-refractivity contribution in [1.82, 2.24) is 9.78 Å². The first-order valence-electron chi connectivity index (χ1n) is 11.4. The Bertz CT molecular complexity index is 1310. The first-order chi connectivity index (χ1) is 16.6. The van der Waals surface area contributed by atoms with Gasteiger partial charge in [0.25, 0.3) is 11.5 Å². The van der Waals surface area contributed by atoms with Crippen molar-refractivity contribution in [3.63, 3.8) is 0 Å². The SMILES string of the molecule is CCOC(=O)c1cc(C(C)C)sc1NC(=O)COC(=O)c1nn(CC(C)C)c(=O)c2ccccc12. The van der Waals surface area contributed by atoms with Crippen LogP contribution in [0.15, 0.2) is 35.1 Å². The van der Waals surface area contributed by atoms with Crippen LogP contribution in [0.4, 0.5) is 5.00 Å². The van der Waals surface area contributed by atoms with Crippen molar-refractivity contribution in [2.75, 3.05) is 18.5 Å². The maximum atomic E-state index is 12.9. The molecule has 0 radical (unpaired) electrons. The van der Waals surface area contributed by atoms with E-state index >= 15 is 0 Å². The summed E-state index contributed by atoms with van der Waals surface area (Å²) in [4.78, 5) is 51.4. The Kier molecular flexibility index (Phi) is 8.39. The van der Waals surface area contributed by atoms with Gasteiger partial charge in [0.15, 0.2) is 12.3 Å². The quantitative estimate of drug-likeness (QED) is 0.438. The largest absolute Gasteiger partial charge is 0.462 e. The maximum absolute atomic E-state index is 12.9. The van der Waals surface area contributed by atoms with E-state index in [-0.39, 0.29) is 35.3 Å². The number of nitrogens with one attached hydrogen (secondary N) is 1. The molecule has 1 aromatic carbocycles. The summed E-state index contributed by atoms with van der Waals surface area (Å²) in [5.41, 5.74) is -0.0820. The molecule has 0 unspecified atom stereocenters. The van der Waals surface area contributed by atoms with E-state index in [0.29, 0.717) is 22.3 Å². The minimum absolute atomic E-state index is 0.0425. The highest BCUT2D eigenvalue weighted by Gasteiger charge is 2.22. The predicted molar refractivity (Wildman–Crippen MR) is 134 cm³/mol. The molecule has 9 nitrogen and oxygen atoms in total. The average molecular weight is 500 g/mol. The summed E-state index contributed by atoms with van der Waals surface area (Å²) >= 11 is 1.27. The van der Waals surface area contributed by atoms with Crippen LogP contribution in [0, 0.1) is 5.92 Å². The number of anilines is 1. The summed E-state index contributed by atoms with van der Waals surface area (Å²) in [5, 5.41) is 7.90. The van der Waals surface area contributed by atoms with Crippen molar-refractivity contribution >= 4 is 45.0 Å². The Hall–Kier alpha value is -3.53. The zero-order valence-electron chi connectivity index (χ0n) is 20.4. The number of hydrogen-bond donors (Lipinski definition) is 1. The summed E-state index contributed by atoms with van der Waals surface area (Å²) in [6.45, 7) is 9.47. The number of rotatable bonds is 9. The lowest BCUT2D eigenvalue weighted by molar-refractivity contribution is -0.119. The number of thiophene rings is 1. The number of hydrogen-bond acceptors (Lipinski definition) is 8. The van der Waals surface area contributed by atoms with Gasteiger partial charge in [-0.25, -0.2) is 14.3 Å². The molecule has 3 rings (SSSR count). The summed E-state index contributed by atoms with van der Waals surface area (Å²) in [7, 11) is 0. The molecule has 1 amide bonds. The number of benzene rings is 1. The maximum Gasteiger partial charge on any atom is 0.359 e. The molecule has 0 spiro atoms. The Morgan fingerprint density at radius 1 is 1.06 bits per heavy atom. The molecule has 1 N–H and O–H groups in total. The van der Waals surface area contributed by atoms with Crippen molar-refractivity contribution in [2.24, 2.45) is 5.92 Å². The molecule has 0 aliphatic rings. The standard InChI is InChI=1S/C25H29N3O6S/c1-6-33-24(31)18-11-19(15(4)5)35-22(18)26-20(29)13-34-25(32)21-16-9-7-8-10-17(16)23(30)28(27-21)12-14(2)3/h7-11,14-15H,6,12-13H2,1-5H3,(H,26,29). The topological polar surface area (TPSA) is 117 Å². The summed E-state index contributed by atoms with van der Waals surface area (Å²) in [5.74, 6) is -1.69. The third-order valence-electron chi connectivity index (χ3n) is 5.00. The second-order valence-corrected chi connectivity index (χ2v) is 9.75. The zero-order chi connectivity index (χ0) is 25.7. The molecular formula is C25H29N3O6S. The number of amides is 1. The van der Waals surface area contributed by atoms with Crippen LogP contribution in [0.2, 0.25) is 0 Å². The smallest absolute Gasteiger partial charge is 0.359 e. The monoisotopic (exact) mass is 499 g/mol. The molecule has 2 heterocycles. The lowest BCUT2D eigenvalue weighted by atomic mass is 10.1. The second kappa shape index (κ2) is 11.3. The lowest BCUT2D eigenvalue weighted by Gasteiger charge is -2.12. The van der Waals surface area contributed by atoms with Gasteiger partial charge in [0, 0.05) is 16.8 Å². The van der Waals surface area contributed by atoms with Crippen LogP contribution < -0.4 is 10.9 Å². The van der Waals surface area contributed by atoms with E-state index in [1.165, 1.54) is 16.0 Å². The molecule has 0 bridgehead atoms. The van der Waals surface area contributed by atoms with Crippen molar-refractivity contribution in [3.05, 3.63) is 56.8 Å². The first-order valence-corrected chi connectivity index (χ1v) is 12.2. The molecule has 2 aromatic heterocycles. The van der Waals surface area contributed by atoms with Gasteiger partial charge in [-0.15, -0.1) is 11.3 Å². The van der Waals surface area contributed by atoms with Gasteiger partial charge in [-0.2, -0.15) is 5.10 Å². The Balaban J connectivity index is 1.80. The van der Waals surface area contributed by atoms with Gasteiger partial charge >= 0.3 is 11.9 Å². The number of carbonyl (C=O) groups excluding carboxylic acids is 3. The Morgan fingerprint density at radius 3 is 2.37 bits per heavy atom. The highest BCUT2D eigenvalue weighted by atomic mass is 32.1. The van der Waals surface area contributed by atoms with Crippen LogP contribution in [-0.2, 0) is 20.8 Å². The van der Waals surface area contributed by atoms with E-state index in [1.807, 2.05) is 27.7 Å². The number of esters is 2. The third kappa shape index (κ3) is 6.13. The molecule has 0 atom stereocenters. The van der Waals surface area contributed by atoms with Crippen LogP contribution in [0.5, 0.6) is 0 Å². The van der Waals surface area contributed by atoms with Gasteiger partial charge in [-0.05, 0) is 30.9 Å². The first kappa shape index (κ1) is 26.1. The van der Waals surface area contributed by atoms with Crippen LogP contribution in [-0.4, -0.2) is 40.8 Å². The minimum atomic E-state index is -0.825. The summed E-state index contributed by atoms with van der Waals surface area (Å²) in [6.07, 6.45) is 0. The molecule has 0 aliphatic heterocycles. The van der Waals surface area contributed by atoms with Gasteiger partial charge < -0.3 is 14.8 Å². The molecule has 10 heteroatoms. The van der Waals surface area contributed by atoms with Crippen molar-refractivity contribution in [2.45, 2.75) is 47.1 Å². The van der Waals surface area contributed by atoms with E-state index < -0.39 is 24.5 Å². The Labute approximate surface area is 207 Å². The highest BCUT2D eigenvalue weighted by Crippen LogP contribution is 2.33. The fourth-order valence-corrected chi connectivity index (χ4v) is 4.43. The number of aromatic nitrogens is 2. The van der Waals surface area contributed by atoms with E-state index in [9.17, 15) is 19.2 Å². The van der Waals surface area contributed by atoms with Crippen LogP contribution >= 0.6 is 11.3 Å². The Morgan fingerprint density at radius 2 is 1.74 bits per heavy atom. The molecule has 186 valence electrons. The van der Waals surface area contributed by atoms with Gasteiger partial charge in [-0.3, -0.25) is 9.59 Å². The normalized spacial score (nSPS) is 11.2. The third-order valence-corrected chi connectivity index (χ3v) is 6.35. The van der Waals surface area contributed by atoms with E-state index in [2.05, 4.69) is 10.4 Å². The average Bonchev–Trinajstić information content (AvgIpc) is 3.23. The van der Waals surface area contributed by atoms with Gasteiger partial charge in [0.1, 0.15) is 5.00 Å². The fraction of sp³-hybridized carbons (Fsp3) is 0.400. The molecule has 0 saturated carbocycles. The van der Waals surface area contributed by atoms with Crippen LogP contribution in [0.3, 0.4) is 0 Å². The molecule has 0 saturated heterocycles. The molecule has 0 aliphatic carbocycles. The van der Waals surface area contributed by atoms with Crippen molar-refractivity contribution < 1.29 is 23.9 Å². The lowest BCUT2D eigenvalue weighted by Crippen LogP contribution is -2.29. The zero-order valence-corrected chi connectivity index (χ0v) is 21.2. The summed E-state index contributed by atoms with van der Waals surface area (Å²) < 4.78 is 11.6. The molecule has 3 aromatic rings. The number of ether oxygens (including phenoxy) is 2. The number of nitrogens with zero attached hydrogens (tertiary/aromatic N) is 2. The van der Waals surface area contributed by atoms with Gasteiger partial charge in [-0.1, -0.05) is 45.9 Å².